The highest BCUT2D eigenvalue weighted by molar-refractivity contribution is 6.15. The summed E-state index contributed by atoms with van der Waals surface area (Å²) in [5.41, 5.74) is 5.01. The van der Waals surface area contributed by atoms with Gasteiger partial charge in [-0.2, -0.15) is 0 Å². The molecule has 0 atom stereocenters. The lowest BCUT2D eigenvalue weighted by molar-refractivity contribution is 0.101. The van der Waals surface area contributed by atoms with E-state index < -0.39 is 0 Å². The maximum absolute atomic E-state index is 13.1. The lowest BCUT2D eigenvalue weighted by atomic mass is 9.99. The second kappa shape index (κ2) is 8.89. The van der Waals surface area contributed by atoms with Crippen LogP contribution in [0.4, 0.5) is 5.69 Å². The fraction of sp³-hybridized carbons (Fsp3) is 0.222. The van der Waals surface area contributed by atoms with E-state index in [1.54, 1.807) is 12.1 Å². The van der Waals surface area contributed by atoms with Crippen molar-refractivity contribution in [1.82, 2.24) is 4.90 Å². The third-order valence-electron chi connectivity index (χ3n) is 5.65. The number of aromatic hydroxyl groups is 1. The number of ketones is 1. The summed E-state index contributed by atoms with van der Waals surface area (Å²) < 4.78 is 6.06. The Morgan fingerprint density at radius 2 is 1.66 bits per heavy atom. The number of benzene rings is 3. The summed E-state index contributed by atoms with van der Waals surface area (Å²) in [5, 5.41) is 10.7. The average molecular weight is 429 g/mol. The molecule has 164 valence electrons. The van der Waals surface area contributed by atoms with E-state index in [1.165, 1.54) is 5.56 Å². The fourth-order valence-electron chi connectivity index (χ4n) is 3.97. The molecule has 0 radical (unpaired) electrons. The van der Waals surface area contributed by atoms with Crippen molar-refractivity contribution < 1.29 is 14.6 Å². The number of carbonyl (C=O) groups excluding carboxylic acids is 1. The van der Waals surface area contributed by atoms with Gasteiger partial charge in [0.15, 0.2) is 5.76 Å². The molecule has 0 aliphatic carbocycles. The predicted octanol–water partition coefficient (Wildman–Crippen LogP) is 5.01. The van der Waals surface area contributed by atoms with Gasteiger partial charge in [-0.05, 0) is 54.9 Å². The van der Waals surface area contributed by atoms with Gasteiger partial charge in [0.25, 0.3) is 0 Å². The molecule has 0 bridgehead atoms. The summed E-state index contributed by atoms with van der Waals surface area (Å²) in [5.74, 6) is 0.730. The van der Waals surface area contributed by atoms with E-state index in [-0.39, 0.29) is 17.3 Å². The molecular weight excluding hydrogens is 400 g/mol. The van der Waals surface area contributed by atoms with Gasteiger partial charge in [0.05, 0.1) is 11.1 Å². The van der Waals surface area contributed by atoms with Crippen LogP contribution < -0.4 is 9.64 Å². The molecule has 3 aromatic rings. The second-order valence-electron chi connectivity index (χ2n) is 8.48. The van der Waals surface area contributed by atoms with E-state index in [0.717, 1.165) is 17.8 Å². The molecule has 1 aliphatic rings. The van der Waals surface area contributed by atoms with E-state index in [9.17, 15) is 9.90 Å². The number of carbonyl (C=O) groups is 1. The number of nitrogens with zero attached hydrogens (tertiary/aromatic N) is 2. The number of fused-ring (bicyclic) bond motifs is 1. The first-order valence-electron chi connectivity index (χ1n) is 10.6. The van der Waals surface area contributed by atoms with Gasteiger partial charge < -0.3 is 14.7 Å². The van der Waals surface area contributed by atoms with Crippen molar-refractivity contribution in [3.05, 3.63) is 94.2 Å². The van der Waals surface area contributed by atoms with Crippen molar-refractivity contribution in [1.29, 1.82) is 0 Å². The number of phenolic OH excluding ortho intramolecular Hbond substituents is 1. The van der Waals surface area contributed by atoms with E-state index in [2.05, 4.69) is 17.0 Å². The maximum Gasteiger partial charge on any atom is 0.232 e. The van der Waals surface area contributed by atoms with Crippen molar-refractivity contribution >= 4 is 17.5 Å². The lowest BCUT2D eigenvalue weighted by Gasteiger charge is -2.19. The Labute approximate surface area is 189 Å². The Morgan fingerprint density at radius 3 is 2.31 bits per heavy atom. The van der Waals surface area contributed by atoms with Gasteiger partial charge in [-0.25, -0.2) is 0 Å². The van der Waals surface area contributed by atoms with Crippen LogP contribution in [0.15, 0.2) is 66.4 Å². The molecule has 0 aromatic heterocycles. The van der Waals surface area contributed by atoms with Gasteiger partial charge in [-0.1, -0.05) is 42.5 Å². The Balaban J connectivity index is 1.62. The molecule has 0 amide bonds. The first kappa shape index (κ1) is 21.7. The van der Waals surface area contributed by atoms with Gasteiger partial charge >= 0.3 is 0 Å². The summed E-state index contributed by atoms with van der Waals surface area (Å²) in [7, 11) is 5.96. The van der Waals surface area contributed by atoms with Gasteiger partial charge in [-0.15, -0.1) is 0 Å². The van der Waals surface area contributed by atoms with Crippen LogP contribution in [0.1, 0.15) is 32.6 Å². The Kier molecular flexibility index (Phi) is 6.01. The van der Waals surface area contributed by atoms with Crippen molar-refractivity contribution in [2.45, 2.75) is 20.0 Å². The SMILES string of the molecule is Cc1cc(O)c(CN(C)Cc2ccccc2)c2c1C(=O)/C(=C/c1ccc(N(C)C)cc1)O2. The monoisotopic (exact) mass is 428 g/mol. The zero-order valence-corrected chi connectivity index (χ0v) is 18.9. The molecule has 5 nitrogen and oxygen atoms in total. The van der Waals surface area contributed by atoms with Crippen LogP contribution >= 0.6 is 0 Å². The van der Waals surface area contributed by atoms with Crippen molar-refractivity contribution in [2.75, 3.05) is 26.0 Å². The number of hydrogen-bond acceptors (Lipinski definition) is 5. The van der Waals surface area contributed by atoms with Crippen molar-refractivity contribution in [3.8, 4) is 11.5 Å². The van der Waals surface area contributed by atoms with Crippen molar-refractivity contribution in [3.63, 3.8) is 0 Å². The summed E-state index contributed by atoms with van der Waals surface area (Å²) >= 11 is 0. The smallest absolute Gasteiger partial charge is 0.232 e. The molecule has 1 heterocycles. The largest absolute Gasteiger partial charge is 0.507 e. The number of rotatable bonds is 6. The van der Waals surface area contributed by atoms with E-state index in [4.69, 9.17) is 4.74 Å². The van der Waals surface area contributed by atoms with Crippen LogP contribution in [0.3, 0.4) is 0 Å². The normalized spacial score (nSPS) is 14.0. The van der Waals surface area contributed by atoms with Crippen LogP contribution in [-0.2, 0) is 13.1 Å². The minimum atomic E-state index is -0.152. The predicted molar refractivity (Wildman–Crippen MR) is 128 cm³/mol. The van der Waals surface area contributed by atoms with E-state index >= 15 is 0 Å². The summed E-state index contributed by atoms with van der Waals surface area (Å²) in [6.07, 6.45) is 1.76. The van der Waals surface area contributed by atoms with Crippen LogP contribution in [0, 0.1) is 6.92 Å². The van der Waals surface area contributed by atoms with Crippen molar-refractivity contribution in [2.24, 2.45) is 0 Å². The molecule has 0 saturated carbocycles. The topological polar surface area (TPSA) is 53.0 Å². The molecule has 0 unspecified atom stereocenters. The van der Waals surface area contributed by atoms with Crippen LogP contribution in [0.5, 0.6) is 11.5 Å². The number of Topliss-reactive ketones (excluding diaryl/α,β-unsaturated/α-hetero) is 1. The van der Waals surface area contributed by atoms with Gasteiger partial charge in [-0.3, -0.25) is 9.69 Å². The minimum absolute atomic E-state index is 0.144. The van der Waals surface area contributed by atoms with Crippen LogP contribution in [0.25, 0.3) is 6.08 Å². The molecule has 0 fully saturated rings. The highest BCUT2D eigenvalue weighted by Crippen LogP contribution is 2.42. The first-order chi connectivity index (χ1) is 15.3. The second-order valence-corrected chi connectivity index (χ2v) is 8.48. The van der Waals surface area contributed by atoms with E-state index in [0.29, 0.717) is 29.0 Å². The molecule has 32 heavy (non-hydrogen) atoms. The summed E-state index contributed by atoms with van der Waals surface area (Å²) in [6.45, 7) is 3.01. The number of ether oxygens (including phenoxy) is 1. The zero-order chi connectivity index (χ0) is 22.8. The minimum Gasteiger partial charge on any atom is -0.507 e. The van der Waals surface area contributed by atoms with Gasteiger partial charge in [0.2, 0.25) is 5.78 Å². The number of hydrogen-bond donors (Lipinski definition) is 1. The molecule has 5 heteroatoms. The van der Waals surface area contributed by atoms with Gasteiger partial charge in [0.1, 0.15) is 11.5 Å². The third-order valence-corrected chi connectivity index (χ3v) is 5.65. The lowest BCUT2D eigenvalue weighted by Crippen LogP contribution is -2.17. The molecule has 0 saturated heterocycles. The zero-order valence-electron chi connectivity index (χ0n) is 18.9. The van der Waals surface area contributed by atoms with Gasteiger partial charge in [0, 0.05) is 32.9 Å². The average Bonchev–Trinajstić information content (AvgIpc) is 3.08. The molecule has 1 N–H and O–H groups in total. The Hall–Kier alpha value is -3.57. The quantitative estimate of drug-likeness (QED) is 0.559. The number of anilines is 1. The number of allylic oxidation sites excluding steroid dienone is 1. The Morgan fingerprint density at radius 1 is 0.969 bits per heavy atom. The summed E-state index contributed by atoms with van der Waals surface area (Å²) in [6, 6.07) is 19.7. The first-order valence-corrected chi connectivity index (χ1v) is 10.6. The Bertz CT molecular complexity index is 1170. The highest BCUT2D eigenvalue weighted by Gasteiger charge is 2.33. The molecular formula is C27H28N2O3. The molecule has 3 aromatic carbocycles. The molecule has 1 aliphatic heterocycles. The van der Waals surface area contributed by atoms with Crippen LogP contribution in [-0.4, -0.2) is 36.9 Å². The van der Waals surface area contributed by atoms with E-state index in [1.807, 2.05) is 75.4 Å². The maximum atomic E-state index is 13.1. The molecule has 4 rings (SSSR count). The number of phenols is 1. The third kappa shape index (κ3) is 4.39. The molecule has 0 spiro atoms. The highest BCUT2D eigenvalue weighted by atomic mass is 16.5. The number of aryl methyl sites for hydroxylation is 1. The fourth-order valence-corrected chi connectivity index (χ4v) is 3.97. The summed E-state index contributed by atoms with van der Waals surface area (Å²) in [4.78, 5) is 17.3. The standard InChI is InChI=1S/C27H28N2O3/c1-18-14-23(30)22(17-29(4)16-20-8-6-5-7-9-20)27-25(18)26(31)24(32-27)15-19-10-12-21(13-11-19)28(2)3/h5-15,30H,16-17H2,1-4H3/b24-15-. The van der Waals surface area contributed by atoms with Crippen LogP contribution in [0.2, 0.25) is 0 Å².